The molecule has 2 amide bonds. The molecule has 6 nitrogen and oxygen atoms in total. The van der Waals surface area contributed by atoms with Crippen LogP contribution in [0.25, 0.3) is 0 Å². The van der Waals surface area contributed by atoms with Gasteiger partial charge in [0, 0.05) is 18.8 Å². The summed E-state index contributed by atoms with van der Waals surface area (Å²) in [6, 6.07) is 17.1. The van der Waals surface area contributed by atoms with Gasteiger partial charge in [-0.25, -0.2) is 4.79 Å². The summed E-state index contributed by atoms with van der Waals surface area (Å²) < 4.78 is 11.3. The molecule has 6 heteroatoms. The van der Waals surface area contributed by atoms with Crippen molar-refractivity contribution in [2.24, 2.45) is 0 Å². The molecule has 0 aliphatic rings. The zero-order valence-electron chi connectivity index (χ0n) is 16.8. The second kappa shape index (κ2) is 12.8. The molecule has 0 aromatic heterocycles. The van der Waals surface area contributed by atoms with E-state index < -0.39 is 0 Å². The molecule has 0 fully saturated rings. The normalized spacial score (nSPS) is 10.7. The minimum Gasteiger partial charge on any atom is -0.491 e. The zero-order chi connectivity index (χ0) is 20.0. The standard InChI is InChI=1S/C22H31N3O3/c1-3-25(4-2)14-13-23-22(26)24-20-10-8-9-19(17-20)18-27-15-16-28-21-11-6-5-7-12-21/h5-12,17H,3-4,13-16,18H2,1-2H3,(H2,23,24,26). The fourth-order valence-corrected chi connectivity index (χ4v) is 2.71. The topological polar surface area (TPSA) is 62.8 Å². The molecule has 28 heavy (non-hydrogen) atoms. The highest BCUT2D eigenvalue weighted by Crippen LogP contribution is 2.12. The van der Waals surface area contributed by atoms with Crippen molar-refractivity contribution < 1.29 is 14.3 Å². The van der Waals surface area contributed by atoms with Crippen LogP contribution < -0.4 is 15.4 Å². The maximum atomic E-state index is 12.0. The molecule has 0 unspecified atom stereocenters. The van der Waals surface area contributed by atoms with Crippen molar-refractivity contribution in [1.29, 1.82) is 0 Å². The van der Waals surface area contributed by atoms with Gasteiger partial charge < -0.3 is 25.0 Å². The number of rotatable bonds is 12. The second-order valence-corrected chi connectivity index (χ2v) is 6.32. The van der Waals surface area contributed by atoms with Crippen LogP contribution in [-0.4, -0.2) is 50.3 Å². The van der Waals surface area contributed by atoms with E-state index in [2.05, 4.69) is 29.4 Å². The Hall–Kier alpha value is -2.57. The van der Waals surface area contributed by atoms with Crippen molar-refractivity contribution in [2.45, 2.75) is 20.5 Å². The molecule has 2 rings (SSSR count). The van der Waals surface area contributed by atoms with Gasteiger partial charge in [-0.3, -0.25) is 0 Å². The molecule has 2 aromatic rings. The number of carbonyl (C=O) groups is 1. The van der Waals surface area contributed by atoms with E-state index in [1.165, 1.54) is 0 Å². The molecule has 0 spiro atoms. The Morgan fingerprint density at radius 2 is 1.79 bits per heavy atom. The molecule has 0 radical (unpaired) electrons. The first-order valence-corrected chi connectivity index (χ1v) is 9.83. The lowest BCUT2D eigenvalue weighted by molar-refractivity contribution is 0.0889. The number of ether oxygens (including phenoxy) is 2. The van der Waals surface area contributed by atoms with E-state index in [0.717, 1.165) is 36.6 Å². The maximum Gasteiger partial charge on any atom is 0.319 e. The van der Waals surface area contributed by atoms with Crippen molar-refractivity contribution in [1.82, 2.24) is 10.2 Å². The van der Waals surface area contributed by atoms with Crippen LogP contribution in [0.5, 0.6) is 5.75 Å². The number of amides is 2. The highest BCUT2D eigenvalue weighted by Gasteiger charge is 2.04. The van der Waals surface area contributed by atoms with Crippen molar-refractivity contribution in [3.8, 4) is 5.75 Å². The molecule has 2 N–H and O–H groups in total. The second-order valence-electron chi connectivity index (χ2n) is 6.32. The number of nitrogens with zero attached hydrogens (tertiary/aromatic N) is 1. The van der Waals surface area contributed by atoms with Crippen LogP contribution in [0.1, 0.15) is 19.4 Å². The Morgan fingerprint density at radius 3 is 2.54 bits per heavy atom. The molecule has 0 saturated heterocycles. The summed E-state index contributed by atoms with van der Waals surface area (Å²) in [5.41, 5.74) is 1.75. The van der Waals surface area contributed by atoms with Crippen LogP contribution in [0.3, 0.4) is 0 Å². The number of hydrogen-bond donors (Lipinski definition) is 2. The molecular weight excluding hydrogens is 354 g/mol. The van der Waals surface area contributed by atoms with Crippen LogP contribution in [0.2, 0.25) is 0 Å². The molecule has 0 aliphatic carbocycles. The summed E-state index contributed by atoms with van der Waals surface area (Å²) in [6.07, 6.45) is 0. The highest BCUT2D eigenvalue weighted by atomic mass is 16.5. The molecule has 152 valence electrons. The lowest BCUT2D eigenvalue weighted by Gasteiger charge is -2.18. The molecule has 0 aliphatic heterocycles. The summed E-state index contributed by atoms with van der Waals surface area (Å²) in [6.45, 7) is 9.13. The molecule has 0 atom stereocenters. The number of nitrogens with one attached hydrogen (secondary N) is 2. The number of carbonyl (C=O) groups excluding carboxylic acids is 1. The van der Waals surface area contributed by atoms with E-state index in [9.17, 15) is 4.79 Å². The molecular formula is C22H31N3O3. The van der Waals surface area contributed by atoms with E-state index in [1.54, 1.807) is 0 Å². The first-order valence-electron chi connectivity index (χ1n) is 9.83. The maximum absolute atomic E-state index is 12.0. The van der Waals surface area contributed by atoms with Gasteiger partial charge in [0.05, 0.1) is 13.2 Å². The van der Waals surface area contributed by atoms with Crippen LogP contribution >= 0.6 is 0 Å². The Morgan fingerprint density at radius 1 is 1.00 bits per heavy atom. The summed E-state index contributed by atoms with van der Waals surface area (Å²) in [4.78, 5) is 14.3. The van der Waals surface area contributed by atoms with Gasteiger partial charge >= 0.3 is 6.03 Å². The minimum atomic E-state index is -0.193. The molecule has 2 aromatic carbocycles. The van der Waals surface area contributed by atoms with Gasteiger partial charge in [-0.05, 0) is 42.9 Å². The van der Waals surface area contributed by atoms with E-state index in [-0.39, 0.29) is 6.03 Å². The van der Waals surface area contributed by atoms with E-state index in [1.807, 2.05) is 54.6 Å². The lowest BCUT2D eigenvalue weighted by atomic mass is 10.2. The number of benzene rings is 2. The van der Waals surface area contributed by atoms with Gasteiger partial charge in [0.25, 0.3) is 0 Å². The van der Waals surface area contributed by atoms with Crippen LogP contribution in [0.4, 0.5) is 10.5 Å². The fraction of sp³-hybridized carbons (Fsp3) is 0.409. The quantitative estimate of drug-likeness (QED) is 0.546. The van der Waals surface area contributed by atoms with Gasteiger partial charge in [0.2, 0.25) is 0 Å². The lowest BCUT2D eigenvalue weighted by Crippen LogP contribution is -2.36. The number of hydrogen-bond acceptors (Lipinski definition) is 4. The van der Waals surface area contributed by atoms with E-state index >= 15 is 0 Å². The third-order valence-corrected chi connectivity index (χ3v) is 4.30. The average Bonchev–Trinajstić information content (AvgIpc) is 2.72. The summed E-state index contributed by atoms with van der Waals surface area (Å²) in [5.74, 6) is 0.837. The van der Waals surface area contributed by atoms with Gasteiger partial charge in [-0.1, -0.05) is 44.2 Å². The zero-order valence-corrected chi connectivity index (χ0v) is 16.8. The molecule has 0 saturated carbocycles. The fourth-order valence-electron chi connectivity index (χ4n) is 2.71. The van der Waals surface area contributed by atoms with Crippen molar-refractivity contribution >= 4 is 11.7 Å². The predicted molar refractivity (Wildman–Crippen MR) is 113 cm³/mol. The smallest absolute Gasteiger partial charge is 0.319 e. The highest BCUT2D eigenvalue weighted by molar-refractivity contribution is 5.89. The monoisotopic (exact) mass is 385 g/mol. The minimum absolute atomic E-state index is 0.193. The summed E-state index contributed by atoms with van der Waals surface area (Å²) in [5, 5.41) is 5.75. The van der Waals surface area contributed by atoms with Crippen molar-refractivity contribution in [3.05, 3.63) is 60.2 Å². The van der Waals surface area contributed by atoms with Gasteiger partial charge in [-0.2, -0.15) is 0 Å². The van der Waals surface area contributed by atoms with Crippen LogP contribution in [0, 0.1) is 0 Å². The largest absolute Gasteiger partial charge is 0.491 e. The van der Waals surface area contributed by atoms with Gasteiger partial charge in [-0.15, -0.1) is 0 Å². The number of para-hydroxylation sites is 1. The van der Waals surface area contributed by atoms with Crippen molar-refractivity contribution in [2.75, 3.05) is 44.7 Å². The third-order valence-electron chi connectivity index (χ3n) is 4.30. The molecule has 0 heterocycles. The van der Waals surface area contributed by atoms with E-state index in [4.69, 9.17) is 9.47 Å². The van der Waals surface area contributed by atoms with Crippen molar-refractivity contribution in [3.63, 3.8) is 0 Å². The summed E-state index contributed by atoms with van der Waals surface area (Å²) >= 11 is 0. The SMILES string of the molecule is CCN(CC)CCNC(=O)Nc1cccc(COCCOc2ccccc2)c1. The van der Waals surface area contributed by atoms with Crippen LogP contribution in [-0.2, 0) is 11.3 Å². The van der Waals surface area contributed by atoms with Gasteiger partial charge in [0.1, 0.15) is 12.4 Å². The molecule has 0 bridgehead atoms. The van der Waals surface area contributed by atoms with Crippen LogP contribution in [0.15, 0.2) is 54.6 Å². The predicted octanol–water partition coefficient (Wildman–Crippen LogP) is 3.75. The first kappa shape index (κ1) is 21.7. The Kier molecular flexibility index (Phi) is 9.89. The van der Waals surface area contributed by atoms with Gasteiger partial charge in [0.15, 0.2) is 0 Å². The number of likely N-dealkylation sites (N-methyl/N-ethyl adjacent to an activating group) is 1. The Bertz CT molecular complexity index is 690. The summed E-state index contributed by atoms with van der Waals surface area (Å²) in [7, 11) is 0. The Labute approximate surface area is 167 Å². The number of urea groups is 1. The number of anilines is 1. The Balaban J connectivity index is 1.66. The van der Waals surface area contributed by atoms with E-state index in [0.29, 0.717) is 26.4 Å². The third kappa shape index (κ3) is 8.41. The average molecular weight is 386 g/mol. The first-order chi connectivity index (χ1) is 13.7.